The van der Waals surface area contributed by atoms with E-state index in [1.165, 1.54) is 21.3 Å². The third kappa shape index (κ3) is 3.01. The SMILES string of the molecule is COc1cc(OC)c2cc(C(=O)Nc3ccc(F)cc3F)[nH]c2c1OC. The van der Waals surface area contributed by atoms with Crippen LogP contribution in [0.1, 0.15) is 10.5 Å². The van der Waals surface area contributed by atoms with Crippen LogP contribution < -0.4 is 19.5 Å². The first-order valence-electron chi connectivity index (χ1n) is 7.56. The summed E-state index contributed by atoms with van der Waals surface area (Å²) in [5.74, 6) is -0.903. The van der Waals surface area contributed by atoms with Gasteiger partial charge in [0.25, 0.3) is 5.91 Å². The van der Waals surface area contributed by atoms with Gasteiger partial charge in [0.15, 0.2) is 11.5 Å². The molecular weight excluding hydrogens is 346 g/mol. The summed E-state index contributed by atoms with van der Waals surface area (Å²) in [4.78, 5) is 15.4. The van der Waals surface area contributed by atoms with E-state index < -0.39 is 17.5 Å². The van der Waals surface area contributed by atoms with E-state index in [2.05, 4.69) is 10.3 Å². The van der Waals surface area contributed by atoms with Crippen molar-refractivity contribution in [1.29, 1.82) is 0 Å². The van der Waals surface area contributed by atoms with Crippen LogP contribution in [0, 0.1) is 11.6 Å². The summed E-state index contributed by atoms with van der Waals surface area (Å²) in [6.45, 7) is 0. The molecule has 136 valence electrons. The molecule has 0 fully saturated rings. The molecule has 0 unspecified atom stereocenters. The third-order valence-corrected chi connectivity index (χ3v) is 3.86. The minimum atomic E-state index is -0.869. The molecule has 8 heteroatoms. The van der Waals surface area contributed by atoms with Crippen LogP contribution in [0.25, 0.3) is 10.9 Å². The number of nitrogens with one attached hydrogen (secondary N) is 2. The lowest BCUT2D eigenvalue weighted by Crippen LogP contribution is -2.13. The molecule has 3 aromatic rings. The number of carbonyl (C=O) groups excluding carboxylic acids is 1. The van der Waals surface area contributed by atoms with E-state index in [0.717, 1.165) is 12.1 Å². The van der Waals surface area contributed by atoms with Crippen molar-refractivity contribution in [2.75, 3.05) is 26.6 Å². The lowest BCUT2D eigenvalue weighted by molar-refractivity contribution is 0.102. The molecule has 1 heterocycles. The molecule has 0 aliphatic rings. The molecule has 0 radical (unpaired) electrons. The Morgan fingerprint density at radius 2 is 1.73 bits per heavy atom. The van der Waals surface area contributed by atoms with Crippen molar-refractivity contribution in [2.24, 2.45) is 0 Å². The standard InChI is InChI=1S/C18H16F2N2O4/c1-24-14-8-15(25-2)17(26-3)16-10(14)7-13(21-16)18(23)22-12-5-4-9(19)6-11(12)20/h4-8,21H,1-3H3,(H,22,23). The van der Waals surface area contributed by atoms with Crippen molar-refractivity contribution in [3.8, 4) is 17.2 Å². The van der Waals surface area contributed by atoms with Gasteiger partial charge in [-0.3, -0.25) is 4.79 Å². The maximum absolute atomic E-state index is 13.7. The second-order valence-electron chi connectivity index (χ2n) is 5.36. The van der Waals surface area contributed by atoms with Crippen molar-refractivity contribution < 1.29 is 27.8 Å². The van der Waals surface area contributed by atoms with E-state index in [1.54, 1.807) is 12.1 Å². The van der Waals surface area contributed by atoms with Crippen molar-refractivity contribution in [3.05, 3.63) is 47.7 Å². The van der Waals surface area contributed by atoms with Crippen molar-refractivity contribution >= 4 is 22.5 Å². The average molecular weight is 362 g/mol. The highest BCUT2D eigenvalue weighted by atomic mass is 19.1. The van der Waals surface area contributed by atoms with Crippen molar-refractivity contribution in [3.63, 3.8) is 0 Å². The van der Waals surface area contributed by atoms with E-state index in [4.69, 9.17) is 14.2 Å². The maximum Gasteiger partial charge on any atom is 0.272 e. The highest BCUT2D eigenvalue weighted by Crippen LogP contribution is 2.41. The number of hydrogen-bond donors (Lipinski definition) is 2. The van der Waals surface area contributed by atoms with Gasteiger partial charge in [-0.25, -0.2) is 8.78 Å². The van der Waals surface area contributed by atoms with Gasteiger partial charge in [-0.15, -0.1) is 0 Å². The van der Waals surface area contributed by atoms with E-state index in [0.29, 0.717) is 34.2 Å². The Balaban J connectivity index is 2.04. The van der Waals surface area contributed by atoms with Crippen molar-refractivity contribution in [2.45, 2.75) is 0 Å². The predicted molar refractivity (Wildman–Crippen MR) is 92.3 cm³/mol. The molecule has 1 amide bonds. The van der Waals surface area contributed by atoms with E-state index >= 15 is 0 Å². The van der Waals surface area contributed by atoms with Gasteiger partial charge in [0.2, 0.25) is 0 Å². The van der Waals surface area contributed by atoms with E-state index in [-0.39, 0.29) is 11.4 Å². The fraction of sp³-hybridized carbons (Fsp3) is 0.167. The molecule has 0 bridgehead atoms. The number of anilines is 1. The quantitative estimate of drug-likeness (QED) is 0.726. The minimum absolute atomic E-state index is 0.133. The number of amides is 1. The smallest absolute Gasteiger partial charge is 0.272 e. The Kier molecular flexibility index (Phi) is 4.66. The minimum Gasteiger partial charge on any atom is -0.496 e. The van der Waals surface area contributed by atoms with Crippen LogP contribution in [0.4, 0.5) is 14.5 Å². The fourth-order valence-corrected chi connectivity index (χ4v) is 2.64. The number of H-pyrrole nitrogens is 1. The zero-order valence-electron chi connectivity index (χ0n) is 14.3. The first-order valence-corrected chi connectivity index (χ1v) is 7.56. The summed E-state index contributed by atoms with van der Waals surface area (Å²) in [5, 5.41) is 2.99. The lowest BCUT2D eigenvalue weighted by Gasteiger charge is -2.11. The molecule has 0 saturated carbocycles. The molecule has 3 rings (SSSR count). The Labute approximate surface area is 147 Å². The van der Waals surface area contributed by atoms with Gasteiger partial charge in [0, 0.05) is 17.5 Å². The number of benzene rings is 2. The first kappa shape index (κ1) is 17.5. The lowest BCUT2D eigenvalue weighted by atomic mass is 10.2. The molecule has 0 aliphatic carbocycles. The Bertz CT molecular complexity index is 985. The first-order chi connectivity index (χ1) is 12.5. The van der Waals surface area contributed by atoms with Gasteiger partial charge in [0.1, 0.15) is 23.1 Å². The number of ether oxygens (including phenoxy) is 3. The Morgan fingerprint density at radius 1 is 1.00 bits per heavy atom. The van der Waals surface area contributed by atoms with Crippen LogP contribution in [0.2, 0.25) is 0 Å². The normalized spacial score (nSPS) is 10.7. The van der Waals surface area contributed by atoms with Gasteiger partial charge in [-0.05, 0) is 18.2 Å². The second-order valence-corrected chi connectivity index (χ2v) is 5.36. The molecule has 0 atom stereocenters. The summed E-state index contributed by atoms with van der Waals surface area (Å²) in [7, 11) is 4.44. The summed E-state index contributed by atoms with van der Waals surface area (Å²) in [6.07, 6.45) is 0. The molecule has 0 saturated heterocycles. The summed E-state index contributed by atoms with van der Waals surface area (Å²) in [5.41, 5.74) is 0.508. The maximum atomic E-state index is 13.7. The number of rotatable bonds is 5. The zero-order valence-corrected chi connectivity index (χ0v) is 14.3. The van der Waals surface area contributed by atoms with E-state index in [9.17, 15) is 13.6 Å². The van der Waals surface area contributed by atoms with Gasteiger partial charge < -0.3 is 24.5 Å². The number of aromatic amines is 1. The molecule has 1 aromatic heterocycles. The topological polar surface area (TPSA) is 72.6 Å². The number of fused-ring (bicyclic) bond motifs is 1. The van der Waals surface area contributed by atoms with Gasteiger partial charge in [-0.2, -0.15) is 0 Å². The molecular formula is C18H16F2N2O4. The second kappa shape index (κ2) is 6.91. The van der Waals surface area contributed by atoms with Crippen LogP contribution in [0.5, 0.6) is 17.2 Å². The van der Waals surface area contributed by atoms with Crippen LogP contribution in [-0.4, -0.2) is 32.2 Å². The van der Waals surface area contributed by atoms with Gasteiger partial charge in [0.05, 0.1) is 32.5 Å². The van der Waals surface area contributed by atoms with E-state index in [1.807, 2.05) is 0 Å². The van der Waals surface area contributed by atoms with Crippen LogP contribution in [0.15, 0.2) is 30.3 Å². The Hall–Kier alpha value is -3.29. The number of aromatic nitrogens is 1. The monoisotopic (exact) mass is 362 g/mol. The number of carbonyl (C=O) groups is 1. The highest BCUT2D eigenvalue weighted by Gasteiger charge is 2.20. The predicted octanol–water partition coefficient (Wildman–Crippen LogP) is 3.72. The number of halogens is 2. The van der Waals surface area contributed by atoms with Crippen LogP contribution in [-0.2, 0) is 0 Å². The molecule has 6 nitrogen and oxygen atoms in total. The molecule has 2 N–H and O–H groups in total. The fourth-order valence-electron chi connectivity index (χ4n) is 2.64. The molecule has 0 spiro atoms. The molecule has 26 heavy (non-hydrogen) atoms. The van der Waals surface area contributed by atoms with Crippen LogP contribution >= 0.6 is 0 Å². The average Bonchev–Trinajstić information content (AvgIpc) is 3.07. The summed E-state index contributed by atoms with van der Waals surface area (Å²) >= 11 is 0. The third-order valence-electron chi connectivity index (χ3n) is 3.86. The largest absolute Gasteiger partial charge is 0.496 e. The Morgan fingerprint density at radius 3 is 2.35 bits per heavy atom. The summed E-state index contributed by atoms with van der Waals surface area (Å²) in [6, 6.07) is 6.08. The van der Waals surface area contributed by atoms with Crippen molar-refractivity contribution in [1.82, 2.24) is 4.98 Å². The number of methoxy groups -OCH3 is 3. The van der Waals surface area contributed by atoms with Crippen LogP contribution in [0.3, 0.4) is 0 Å². The number of hydrogen-bond acceptors (Lipinski definition) is 4. The molecule has 0 aliphatic heterocycles. The van der Waals surface area contributed by atoms with Gasteiger partial charge in [-0.1, -0.05) is 0 Å². The zero-order chi connectivity index (χ0) is 18.8. The highest BCUT2D eigenvalue weighted by molar-refractivity contribution is 6.08. The van der Waals surface area contributed by atoms with Gasteiger partial charge >= 0.3 is 0 Å². The summed E-state index contributed by atoms with van der Waals surface area (Å²) < 4.78 is 42.7. The molecule has 2 aromatic carbocycles.